The van der Waals surface area contributed by atoms with E-state index in [4.69, 9.17) is 5.73 Å². The van der Waals surface area contributed by atoms with Crippen molar-refractivity contribution in [2.45, 2.75) is 44.8 Å². The molecule has 4 heteroatoms. The van der Waals surface area contributed by atoms with Crippen LogP contribution >= 0.6 is 0 Å². The highest BCUT2D eigenvalue weighted by Crippen LogP contribution is 2.52. The van der Waals surface area contributed by atoms with Gasteiger partial charge in [-0.15, -0.1) is 0 Å². The van der Waals surface area contributed by atoms with Crippen LogP contribution in [0.5, 0.6) is 0 Å². The summed E-state index contributed by atoms with van der Waals surface area (Å²) in [5.41, 5.74) is 4.80. The van der Waals surface area contributed by atoms with Gasteiger partial charge in [-0.05, 0) is 29.9 Å². The van der Waals surface area contributed by atoms with E-state index in [0.717, 1.165) is 18.9 Å². The first kappa shape index (κ1) is 13.4. The molecule has 1 aromatic carbocycles. The Balaban J connectivity index is 2.59. The third-order valence-corrected chi connectivity index (χ3v) is 4.29. The highest BCUT2D eigenvalue weighted by atomic mass is 19.4. The Hall–Kier alpha value is -1.03. The molecule has 0 aromatic heterocycles. The molecule has 0 saturated heterocycles. The number of nitrogens with two attached hydrogens (primary N) is 1. The minimum atomic E-state index is -4.35. The lowest BCUT2D eigenvalue weighted by molar-refractivity contribution is -0.139. The third kappa shape index (κ3) is 1.92. The first-order valence-electron chi connectivity index (χ1n) is 6.14. The monoisotopic (exact) mass is 257 g/mol. The van der Waals surface area contributed by atoms with Crippen molar-refractivity contribution in [1.29, 1.82) is 0 Å². The van der Waals surface area contributed by atoms with Gasteiger partial charge in [-0.2, -0.15) is 13.2 Å². The third-order valence-electron chi connectivity index (χ3n) is 4.29. The molecule has 1 aromatic rings. The zero-order valence-electron chi connectivity index (χ0n) is 10.6. The van der Waals surface area contributed by atoms with Crippen LogP contribution in [0.2, 0.25) is 0 Å². The fraction of sp³-hybridized carbons (Fsp3) is 0.571. The average Bonchev–Trinajstić information content (AvgIpc) is 2.53. The van der Waals surface area contributed by atoms with Gasteiger partial charge in [0.1, 0.15) is 0 Å². The van der Waals surface area contributed by atoms with Gasteiger partial charge in [0.15, 0.2) is 0 Å². The van der Waals surface area contributed by atoms with E-state index < -0.39 is 17.3 Å². The highest BCUT2D eigenvalue weighted by Gasteiger charge is 2.50. The highest BCUT2D eigenvalue weighted by molar-refractivity contribution is 5.38. The van der Waals surface area contributed by atoms with Crippen LogP contribution in [0.4, 0.5) is 13.2 Å². The standard InChI is InChI=1S/C14H18F3N/c1-12(2)8-5-9-13(12,18)10-6-3-4-7-11(10)14(15,16)17/h3-4,6-7H,5,8-9,18H2,1-2H3. The molecule has 1 fully saturated rings. The number of halogens is 3. The number of hydrogen-bond donors (Lipinski definition) is 1. The minimum absolute atomic E-state index is 0.236. The quantitative estimate of drug-likeness (QED) is 0.806. The molecule has 1 aliphatic carbocycles. The van der Waals surface area contributed by atoms with E-state index in [9.17, 15) is 13.2 Å². The van der Waals surface area contributed by atoms with Crippen LogP contribution < -0.4 is 5.73 Å². The van der Waals surface area contributed by atoms with Gasteiger partial charge in [-0.1, -0.05) is 38.5 Å². The first-order chi connectivity index (χ1) is 8.18. The van der Waals surface area contributed by atoms with Gasteiger partial charge in [0.05, 0.1) is 5.56 Å². The molecule has 18 heavy (non-hydrogen) atoms. The molecular weight excluding hydrogens is 239 g/mol. The summed E-state index contributed by atoms with van der Waals surface area (Å²) in [5, 5.41) is 0. The molecule has 0 spiro atoms. The lowest BCUT2D eigenvalue weighted by atomic mass is 9.70. The van der Waals surface area contributed by atoms with E-state index in [1.54, 1.807) is 6.07 Å². The van der Waals surface area contributed by atoms with Crippen LogP contribution in [0.3, 0.4) is 0 Å². The number of hydrogen-bond acceptors (Lipinski definition) is 1. The lowest BCUT2D eigenvalue weighted by Gasteiger charge is -2.40. The van der Waals surface area contributed by atoms with Gasteiger partial charge in [0, 0.05) is 5.54 Å². The molecule has 100 valence electrons. The molecule has 1 saturated carbocycles. The Morgan fingerprint density at radius 2 is 1.72 bits per heavy atom. The van der Waals surface area contributed by atoms with Gasteiger partial charge in [0.25, 0.3) is 0 Å². The van der Waals surface area contributed by atoms with Crippen molar-refractivity contribution in [2.24, 2.45) is 11.1 Å². The maximum atomic E-state index is 13.1. The van der Waals surface area contributed by atoms with E-state index in [-0.39, 0.29) is 11.0 Å². The molecule has 1 atom stereocenters. The minimum Gasteiger partial charge on any atom is -0.321 e. The largest absolute Gasteiger partial charge is 0.416 e. The normalized spacial score (nSPS) is 27.4. The summed E-state index contributed by atoms with van der Waals surface area (Å²) in [6.07, 6.45) is -2.01. The average molecular weight is 257 g/mol. The van der Waals surface area contributed by atoms with Crippen molar-refractivity contribution in [1.82, 2.24) is 0 Å². The maximum Gasteiger partial charge on any atom is 0.416 e. The van der Waals surface area contributed by atoms with Crippen LogP contribution in [0.1, 0.15) is 44.2 Å². The van der Waals surface area contributed by atoms with Gasteiger partial charge in [0.2, 0.25) is 0 Å². The molecule has 1 nitrogen and oxygen atoms in total. The van der Waals surface area contributed by atoms with Crippen molar-refractivity contribution in [2.75, 3.05) is 0 Å². The Kier molecular flexibility index (Phi) is 2.97. The number of benzene rings is 1. The molecular formula is C14H18F3N. The van der Waals surface area contributed by atoms with Crippen molar-refractivity contribution in [3.63, 3.8) is 0 Å². The molecule has 0 amide bonds. The summed E-state index contributed by atoms with van der Waals surface area (Å²) in [5.74, 6) is 0. The van der Waals surface area contributed by atoms with E-state index in [1.807, 2.05) is 13.8 Å². The Bertz CT molecular complexity index is 451. The van der Waals surface area contributed by atoms with E-state index in [0.29, 0.717) is 6.42 Å². The van der Waals surface area contributed by atoms with Crippen LogP contribution in [0, 0.1) is 5.41 Å². The molecule has 1 unspecified atom stereocenters. The molecule has 0 bridgehead atoms. The maximum absolute atomic E-state index is 13.1. The lowest BCUT2D eigenvalue weighted by Crippen LogP contribution is -2.47. The van der Waals surface area contributed by atoms with Crippen LogP contribution in [-0.4, -0.2) is 0 Å². The summed E-state index contributed by atoms with van der Waals surface area (Å²) in [6.45, 7) is 3.90. The van der Waals surface area contributed by atoms with E-state index >= 15 is 0 Å². The van der Waals surface area contributed by atoms with Crippen molar-refractivity contribution < 1.29 is 13.2 Å². The molecule has 0 radical (unpaired) electrons. The van der Waals surface area contributed by atoms with Gasteiger partial charge >= 0.3 is 6.18 Å². The van der Waals surface area contributed by atoms with Crippen LogP contribution in [-0.2, 0) is 11.7 Å². The topological polar surface area (TPSA) is 26.0 Å². The Labute approximate surface area is 105 Å². The summed E-state index contributed by atoms with van der Waals surface area (Å²) in [7, 11) is 0. The Morgan fingerprint density at radius 1 is 1.11 bits per heavy atom. The van der Waals surface area contributed by atoms with Crippen LogP contribution in [0.25, 0.3) is 0 Å². The molecule has 0 heterocycles. The fourth-order valence-corrected chi connectivity index (χ4v) is 2.99. The van der Waals surface area contributed by atoms with Crippen molar-refractivity contribution >= 4 is 0 Å². The second-order valence-corrected chi connectivity index (χ2v) is 5.75. The van der Waals surface area contributed by atoms with Crippen LogP contribution in [0.15, 0.2) is 24.3 Å². The van der Waals surface area contributed by atoms with Gasteiger partial charge in [-0.3, -0.25) is 0 Å². The van der Waals surface area contributed by atoms with Gasteiger partial charge < -0.3 is 5.73 Å². The van der Waals surface area contributed by atoms with Crippen molar-refractivity contribution in [3.8, 4) is 0 Å². The summed E-state index contributed by atoms with van der Waals surface area (Å²) in [4.78, 5) is 0. The number of alkyl halides is 3. The molecule has 1 aliphatic rings. The predicted octanol–water partition coefficient (Wildman–Crippen LogP) is 4.07. The first-order valence-corrected chi connectivity index (χ1v) is 6.14. The second kappa shape index (κ2) is 3.98. The van der Waals surface area contributed by atoms with Gasteiger partial charge in [-0.25, -0.2) is 0 Å². The zero-order valence-corrected chi connectivity index (χ0v) is 10.6. The number of rotatable bonds is 1. The molecule has 2 rings (SSSR count). The molecule has 2 N–H and O–H groups in total. The SMILES string of the molecule is CC1(C)CCCC1(N)c1ccccc1C(F)(F)F. The Morgan fingerprint density at radius 3 is 2.22 bits per heavy atom. The van der Waals surface area contributed by atoms with E-state index in [2.05, 4.69) is 0 Å². The summed E-state index contributed by atoms with van der Waals surface area (Å²) < 4.78 is 39.2. The fourth-order valence-electron chi connectivity index (χ4n) is 2.99. The zero-order chi connectivity index (χ0) is 13.6. The predicted molar refractivity (Wildman–Crippen MR) is 64.9 cm³/mol. The summed E-state index contributed by atoms with van der Waals surface area (Å²) in [6, 6.07) is 5.69. The van der Waals surface area contributed by atoms with E-state index in [1.165, 1.54) is 12.1 Å². The summed E-state index contributed by atoms with van der Waals surface area (Å²) >= 11 is 0. The smallest absolute Gasteiger partial charge is 0.321 e. The second-order valence-electron chi connectivity index (χ2n) is 5.75. The van der Waals surface area contributed by atoms with Crippen molar-refractivity contribution in [3.05, 3.63) is 35.4 Å². The molecule has 0 aliphatic heterocycles.